The Kier molecular flexibility index (Phi) is 5.37. The molecule has 0 spiro atoms. The van der Waals surface area contributed by atoms with Crippen molar-refractivity contribution in [3.63, 3.8) is 0 Å². The topological polar surface area (TPSA) is 28.2 Å². The number of rotatable bonds is 6. The van der Waals surface area contributed by atoms with Crippen molar-refractivity contribution >= 4 is 11.3 Å². The highest BCUT2D eigenvalue weighted by Crippen LogP contribution is 2.28. The lowest BCUT2D eigenvalue weighted by Crippen LogP contribution is -2.33. The van der Waals surface area contributed by atoms with Crippen LogP contribution in [0.3, 0.4) is 0 Å². The van der Waals surface area contributed by atoms with Gasteiger partial charge in [-0.2, -0.15) is 0 Å². The predicted molar refractivity (Wildman–Crippen MR) is 82.4 cm³/mol. The van der Waals surface area contributed by atoms with E-state index in [-0.39, 0.29) is 0 Å². The van der Waals surface area contributed by atoms with E-state index in [2.05, 4.69) is 43.3 Å². The molecule has 0 saturated carbocycles. The van der Waals surface area contributed by atoms with Gasteiger partial charge in [-0.15, -0.1) is 11.3 Å². The van der Waals surface area contributed by atoms with Gasteiger partial charge in [0.2, 0.25) is 0 Å². The molecule has 19 heavy (non-hydrogen) atoms. The molecule has 0 amide bonds. The molecule has 2 rings (SSSR count). The first-order valence-corrected chi connectivity index (χ1v) is 8.40. The van der Waals surface area contributed by atoms with Crippen molar-refractivity contribution in [1.82, 2.24) is 15.2 Å². The molecule has 0 bridgehead atoms. The van der Waals surface area contributed by atoms with Crippen LogP contribution in [0.1, 0.15) is 57.7 Å². The minimum atomic E-state index is 0.524. The molecule has 2 atom stereocenters. The van der Waals surface area contributed by atoms with Crippen LogP contribution < -0.4 is 5.32 Å². The Balaban J connectivity index is 1.92. The number of hydrogen-bond donors (Lipinski definition) is 1. The number of likely N-dealkylation sites (tertiary alicyclic amines) is 1. The van der Waals surface area contributed by atoms with Crippen molar-refractivity contribution in [2.75, 3.05) is 0 Å². The third-order valence-corrected chi connectivity index (χ3v) is 4.93. The molecular weight excluding hydrogens is 254 g/mol. The Morgan fingerprint density at radius 3 is 2.95 bits per heavy atom. The molecule has 2 unspecified atom stereocenters. The summed E-state index contributed by atoms with van der Waals surface area (Å²) in [6.45, 7) is 10.9. The van der Waals surface area contributed by atoms with Gasteiger partial charge in [-0.3, -0.25) is 4.90 Å². The first-order chi connectivity index (χ1) is 9.10. The van der Waals surface area contributed by atoms with E-state index in [0.29, 0.717) is 12.1 Å². The highest BCUT2D eigenvalue weighted by atomic mass is 32.1. The smallest absolute Gasteiger partial charge is 0.107 e. The van der Waals surface area contributed by atoms with E-state index in [1.807, 2.05) is 0 Å². The third-order valence-electron chi connectivity index (χ3n) is 4.03. The van der Waals surface area contributed by atoms with E-state index in [1.165, 1.54) is 30.0 Å². The Bertz CT molecular complexity index is 388. The molecule has 108 valence electrons. The summed E-state index contributed by atoms with van der Waals surface area (Å²) >= 11 is 1.78. The highest BCUT2D eigenvalue weighted by Gasteiger charge is 2.29. The van der Waals surface area contributed by atoms with Gasteiger partial charge in [-0.1, -0.05) is 20.8 Å². The minimum Gasteiger partial charge on any atom is -0.308 e. The van der Waals surface area contributed by atoms with Gasteiger partial charge in [-0.05, 0) is 26.2 Å². The number of nitrogens with one attached hydrogen (secondary N) is 1. The summed E-state index contributed by atoms with van der Waals surface area (Å²) in [7, 11) is 0. The van der Waals surface area contributed by atoms with Crippen LogP contribution in [0.25, 0.3) is 0 Å². The molecule has 1 aromatic heterocycles. The van der Waals surface area contributed by atoms with Crippen molar-refractivity contribution in [3.05, 3.63) is 16.1 Å². The zero-order valence-corrected chi connectivity index (χ0v) is 13.5. The maximum Gasteiger partial charge on any atom is 0.107 e. The molecule has 0 aliphatic carbocycles. The van der Waals surface area contributed by atoms with E-state index >= 15 is 0 Å². The van der Waals surface area contributed by atoms with Crippen molar-refractivity contribution in [2.24, 2.45) is 0 Å². The summed E-state index contributed by atoms with van der Waals surface area (Å²) in [6, 6.07) is 1.99. The molecule has 2 heterocycles. The maximum atomic E-state index is 4.76. The fraction of sp³-hybridized carbons (Fsp3) is 0.800. The molecule has 4 heteroatoms. The van der Waals surface area contributed by atoms with Gasteiger partial charge in [-0.25, -0.2) is 4.98 Å². The average molecular weight is 281 g/mol. The number of aromatic nitrogens is 1. The molecule has 1 aromatic rings. The summed E-state index contributed by atoms with van der Waals surface area (Å²) in [4.78, 5) is 7.40. The zero-order valence-electron chi connectivity index (χ0n) is 12.6. The van der Waals surface area contributed by atoms with Crippen molar-refractivity contribution in [3.8, 4) is 0 Å². The van der Waals surface area contributed by atoms with Crippen LogP contribution in [-0.4, -0.2) is 28.0 Å². The van der Waals surface area contributed by atoms with Crippen LogP contribution in [0.15, 0.2) is 5.38 Å². The molecule has 0 aromatic carbocycles. The zero-order chi connectivity index (χ0) is 13.8. The summed E-state index contributed by atoms with van der Waals surface area (Å²) in [5.41, 5.74) is 1.25. The molecule has 1 aliphatic rings. The fourth-order valence-corrected chi connectivity index (χ4v) is 3.57. The minimum absolute atomic E-state index is 0.524. The molecule has 0 radical (unpaired) electrons. The molecule has 1 aliphatic heterocycles. The number of thiazole rings is 1. The lowest BCUT2D eigenvalue weighted by atomic mass is 10.1. The largest absolute Gasteiger partial charge is 0.308 e. The summed E-state index contributed by atoms with van der Waals surface area (Å²) in [5.74, 6) is 0. The van der Waals surface area contributed by atoms with Crippen molar-refractivity contribution in [1.29, 1.82) is 0 Å². The van der Waals surface area contributed by atoms with Crippen LogP contribution in [0.5, 0.6) is 0 Å². The molecule has 1 fully saturated rings. The number of hydrogen-bond acceptors (Lipinski definition) is 4. The van der Waals surface area contributed by atoms with E-state index in [4.69, 9.17) is 4.98 Å². The van der Waals surface area contributed by atoms with Crippen molar-refractivity contribution < 1.29 is 0 Å². The summed E-state index contributed by atoms with van der Waals surface area (Å²) in [5, 5.41) is 6.87. The number of nitrogens with zero attached hydrogens (tertiary/aromatic N) is 2. The van der Waals surface area contributed by atoms with E-state index in [0.717, 1.165) is 19.1 Å². The summed E-state index contributed by atoms with van der Waals surface area (Å²) in [6.07, 6.45) is 3.95. The molecule has 1 saturated heterocycles. The SMILES string of the molecule is CCC1CCC(C)N1Cc1csc(CNC(C)C)n1. The fourth-order valence-electron chi connectivity index (χ4n) is 2.83. The van der Waals surface area contributed by atoms with E-state index in [9.17, 15) is 0 Å². The Morgan fingerprint density at radius 1 is 1.47 bits per heavy atom. The predicted octanol–water partition coefficient (Wildman–Crippen LogP) is 3.40. The van der Waals surface area contributed by atoms with E-state index in [1.54, 1.807) is 11.3 Å². The van der Waals surface area contributed by atoms with Gasteiger partial charge >= 0.3 is 0 Å². The van der Waals surface area contributed by atoms with Crippen LogP contribution in [0.4, 0.5) is 0 Å². The quantitative estimate of drug-likeness (QED) is 0.866. The standard InChI is InChI=1S/C15H27N3S/c1-5-14-7-6-12(4)18(14)9-13-10-19-15(17-13)8-16-11(2)3/h10-12,14,16H,5-9H2,1-4H3. The van der Waals surface area contributed by atoms with Crippen LogP contribution in [0, 0.1) is 0 Å². The van der Waals surface area contributed by atoms with Gasteiger partial charge in [0.05, 0.1) is 5.69 Å². The monoisotopic (exact) mass is 281 g/mol. The molecule has 1 N–H and O–H groups in total. The van der Waals surface area contributed by atoms with Crippen LogP contribution in [0.2, 0.25) is 0 Å². The van der Waals surface area contributed by atoms with Crippen LogP contribution >= 0.6 is 11.3 Å². The average Bonchev–Trinajstić information content (AvgIpc) is 2.96. The highest BCUT2D eigenvalue weighted by molar-refractivity contribution is 7.09. The van der Waals surface area contributed by atoms with Gasteiger partial charge in [0.1, 0.15) is 5.01 Å². The van der Waals surface area contributed by atoms with Crippen LogP contribution in [-0.2, 0) is 13.1 Å². The second kappa shape index (κ2) is 6.82. The Labute approximate surface area is 121 Å². The van der Waals surface area contributed by atoms with E-state index < -0.39 is 0 Å². The first-order valence-electron chi connectivity index (χ1n) is 7.52. The first kappa shape index (κ1) is 14.9. The second-order valence-corrected chi connectivity index (χ2v) is 6.87. The normalized spacial score (nSPS) is 24.5. The lowest BCUT2D eigenvalue weighted by Gasteiger charge is -2.26. The van der Waals surface area contributed by atoms with Gasteiger partial charge in [0.15, 0.2) is 0 Å². The molecular formula is C15H27N3S. The summed E-state index contributed by atoms with van der Waals surface area (Å²) < 4.78 is 0. The third kappa shape index (κ3) is 4.01. The Hall–Kier alpha value is -0.450. The van der Waals surface area contributed by atoms with Gasteiger partial charge in [0.25, 0.3) is 0 Å². The molecule has 3 nitrogen and oxygen atoms in total. The van der Waals surface area contributed by atoms with Gasteiger partial charge in [0, 0.05) is 36.6 Å². The Morgan fingerprint density at radius 2 is 2.26 bits per heavy atom. The maximum absolute atomic E-state index is 4.76. The second-order valence-electron chi connectivity index (χ2n) is 5.93. The van der Waals surface area contributed by atoms with Crippen molar-refractivity contribution in [2.45, 2.75) is 78.2 Å². The van der Waals surface area contributed by atoms with Gasteiger partial charge < -0.3 is 5.32 Å². The lowest BCUT2D eigenvalue weighted by molar-refractivity contribution is 0.187.